The molecule has 2 aromatic carbocycles. The summed E-state index contributed by atoms with van der Waals surface area (Å²) in [6.07, 6.45) is -0.953. The van der Waals surface area contributed by atoms with E-state index in [1.807, 2.05) is 0 Å². The van der Waals surface area contributed by atoms with Crippen molar-refractivity contribution in [2.45, 2.75) is 12.5 Å². The van der Waals surface area contributed by atoms with Crippen LogP contribution in [-0.4, -0.2) is 31.4 Å². The van der Waals surface area contributed by atoms with Crippen LogP contribution in [-0.2, 0) is 11.2 Å². The van der Waals surface area contributed by atoms with Gasteiger partial charge in [-0.2, -0.15) is 0 Å². The molecule has 2 rings (SSSR count). The molecule has 0 aliphatic carbocycles. The van der Waals surface area contributed by atoms with Gasteiger partial charge in [-0.05, 0) is 23.8 Å². The summed E-state index contributed by atoms with van der Waals surface area (Å²) < 4.78 is 16.0. The van der Waals surface area contributed by atoms with Crippen molar-refractivity contribution < 1.29 is 24.1 Å². The molecule has 0 radical (unpaired) electrons. The van der Waals surface area contributed by atoms with Crippen molar-refractivity contribution >= 4 is 17.6 Å². The van der Waals surface area contributed by atoms with Gasteiger partial charge in [-0.15, -0.1) is 0 Å². The largest absolute Gasteiger partial charge is 0.497 e. The number of carboxylic acid groups (broad SMARTS) is 1. The predicted octanol–water partition coefficient (Wildman–Crippen LogP) is 3.43. The minimum absolute atomic E-state index is 0.133. The van der Waals surface area contributed by atoms with Crippen LogP contribution < -0.4 is 14.2 Å². The minimum atomic E-state index is -1.09. The molecule has 2 aromatic rings. The number of aliphatic carboxylic acids is 1. The number of hydrogen-bond acceptors (Lipinski definition) is 4. The Hall–Kier alpha value is -2.40. The number of hydrogen-bond donors (Lipinski definition) is 1. The average molecular weight is 337 g/mol. The summed E-state index contributed by atoms with van der Waals surface area (Å²) in [5.41, 5.74) is 0.702. The highest BCUT2D eigenvalue weighted by Crippen LogP contribution is 2.28. The highest BCUT2D eigenvalue weighted by atomic mass is 35.5. The van der Waals surface area contributed by atoms with Crippen LogP contribution in [0.3, 0.4) is 0 Å². The van der Waals surface area contributed by atoms with Gasteiger partial charge in [0.1, 0.15) is 17.2 Å². The van der Waals surface area contributed by atoms with Crippen LogP contribution >= 0.6 is 11.6 Å². The fraction of sp³-hybridized carbons (Fsp3) is 0.235. The molecular weight excluding hydrogens is 320 g/mol. The summed E-state index contributed by atoms with van der Waals surface area (Å²) in [6.45, 7) is 0. The Morgan fingerprint density at radius 2 is 1.87 bits per heavy atom. The van der Waals surface area contributed by atoms with Gasteiger partial charge in [0, 0.05) is 12.5 Å². The lowest BCUT2D eigenvalue weighted by Crippen LogP contribution is -2.29. The van der Waals surface area contributed by atoms with E-state index in [0.29, 0.717) is 27.8 Å². The summed E-state index contributed by atoms with van der Waals surface area (Å²) in [7, 11) is 3.07. The van der Waals surface area contributed by atoms with E-state index in [2.05, 4.69) is 0 Å². The molecular formula is C17H17ClO5. The Balaban J connectivity index is 2.23. The van der Waals surface area contributed by atoms with E-state index >= 15 is 0 Å². The molecule has 0 aromatic heterocycles. The van der Waals surface area contributed by atoms with Crippen LogP contribution in [0.15, 0.2) is 42.5 Å². The van der Waals surface area contributed by atoms with Crippen molar-refractivity contribution in [2.75, 3.05) is 14.2 Å². The molecule has 1 unspecified atom stereocenters. The lowest BCUT2D eigenvalue weighted by atomic mass is 10.1. The van der Waals surface area contributed by atoms with Gasteiger partial charge in [-0.25, -0.2) is 4.79 Å². The maximum absolute atomic E-state index is 11.5. The third kappa shape index (κ3) is 4.29. The molecule has 23 heavy (non-hydrogen) atoms. The standard InChI is InChI=1S/C17H17ClO5/c1-21-12-8-7-11(15(10-12)22-2)9-16(17(19)20)23-14-6-4-3-5-13(14)18/h3-8,10,16H,9H2,1-2H3,(H,19,20). The van der Waals surface area contributed by atoms with Crippen LogP contribution in [0.5, 0.6) is 17.2 Å². The highest BCUT2D eigenvalue weighted by molar-refractivity contribution is 6.32. The highest BCUT2D eigenvalue weighted by Gasteiger charge is 2.23. The van der Waals surface area contributed by atoms with Crippen LogP contribution in [0, 0.1) is 0 Å². The fourth-order valence-electron chi connectivity index (χ4n) is 2.09. The number of methoxy groups -OCH3 is 2. The zero-order chi connectivity index (χ0) is 16.8. The van der Waals surface area contributed by atoms with Crippen molar-refractivity contribution in [2.24, 2.45) is 0 Å². The van der Waals surface area contributed by atoms with E-state index in [4.69, 9.17) is 25.8 Å². The first-order chi connectivity index (χ1) is 11.0. The molecule has 6 heteroatoms. The number of benzene rings is 2. The number of para-hydroxylation sites is 1. The summed E-state index contributed by atoms with van der Waals surface area (Å²) in [4.78, 5) is 11.5. The summed E-state index contributed by atoms with van der Waals surface area (Å²) in [5, 5.41) is 9.78. The van der Waals surface area contributed by atoms with Crippen molar-refractivity contribution in [3.63, 3.8) is 0 Å². The fourth-order valence-corrected chi connectivity index (χ4v) is 2.27. The van der Waals surface area contributed by atoms with Gasteiger partial charge in [0.2, 0.25) is 0 Å². The Morgan fingerprint density at radius 3 is 2.48 bits per heavy atom. The Kier molecular flexibility index (Phi) is 5.71. The lowest BCUT2D eigenvalue weighted by Gasteiger charge is -2.18. The average Bonchev–Trinajstić information content (AvgIpc) is 2.56. The Labute approximate surface area is 139 Å². The summed E-state index contributed by atoms with van der Waals surface area (Å²) in [6, 6.07) is 11.9. The number of rotatable bonds is 7. The molecule has 0 heterocycles. The normalized spacial score (nSPS) is 11.6. The van der Waals surface area contributed by atoms with Crippen LogP contribution in [0.2, 0.25) is 5.02 Å². The smallest absolute Gasteiger partial charge is 0.345 e. The molecule has 0 aliphatic rings. The lowest BCUT2D eigenvalue weighted by molar-refractivity contribution is -0.145. The Bertz CT molecular complexity index is 686. The van der Waals surface area contributed by atoms with E-state index in [0.717, 1.165) is 0 Å². The van der Waals surface area contributed by atoms with Crippen molar-refractivity contribution in [3.8, 4) is 17.2 Å². The van der Waals surface area contributed by atoms with Crippen LogP contribution in [0.1, 0.15) is 5.56 Å². The van der Waals surface area contributed by atoms with Crippen molar-refractivity contribution in [1.29, 1.82) is 0 Å². The number of carbonyl (C=O) groups is 1. The van der Waals surface area contributed by atoms with E-state index in [-0.39, 0.29) is 6.42 Å². The van der Waals surface area contributed by atoms with E-state index < -0.39 is 12.1 Å². The number of ether oxygens (including phenoxy) is 3. The van der Waals surface area contributed by atoms with Crippen molar-refractivity contribution in [1.82, 2.24) is 0 Å². The maximum Gasteiger partial charge on any atom is 0.345 e. The monoisotopic (exact) mass is 336 g/mol. The second kappa shape index (κ2) is 7.74. The van der Waals surface area contributed by atoms with E-state index in [1.165, 1.54) is 7.11 Å². The Morgan fingerprint density at radius 1 is 1.13 bits per heavy atom. The first-order valence-corrected chi connectivity index (χ1v) is 7.28. The summed E-state index contributed by atoms with van der Waals surface area (Å²) in [5.74, 6) is 0.416. The van der Waals surface area contributed by atoms with Gasteiger partial charge in [0.15, 0.2) is 6.10 Å². The van der Waals surface area contributed by atoms with Crippen LogP contribution in [0.25, 0.3) is 0 Å². The molecule has 5 nitrogen and oxygen atoms in total. The number of halogens is 1. The second-order valence-corrected chi connectivity index (χ2v) is 5.16. The SMILES string of the molecule is COc1ccc(CC(Oc2ccccc2Cl)C(=O)O)c(OC)c1. The van der Waals surface area contributed by atoms with Gasteiger partial charge in [-0.1, -0.05) is 29.8 Å². The summed E-state index contributed by atoms with van der Waals surface area (Å²) >= 11 is 6.01. The molecule has 0 saturated heterocycles. The molecule has 1 atom stereocenters. The molecule has 0 fully saturated rings. The van der Waals surface area contributed by atoms with E-state index in [9.17, 15) is 9.90 Å². The zero-order valence-corrected chi connectivity index (χ0v) is 13.5. The first kappa shape index (κ1) is 17.0. The van der Waals surface area contributed by atoms with Gasteiger partial charge in [-0.3, -0.25) is 0 Å². The number of carboxylic acids is 1. The molecule has 122 valence electrons. The third-order valence-electron chi connectivity index (χ3n) is 3.28. The molecule has 0 spiro atoms. The zero-order valence-electron chi connectivity index (χ0n) is 12.8. The second-order valence-electron chi connectivity index (χ2n) is 4.76. The van der Waals surface area contributed by atoms with Crippen molar-refractivity contribution in [3.05, 3.63) is 53.1 Å². The minimum Gasteiger partial charge on any atom is -0.497 e. The molecule has 1 N–H and O–H groups in total. The third-order valence-corrected chi connectivity index (χ3v) is 3.59. The molecule has 0 amide bonds. The van der Waals surface area contributed by atoms with Gasteiger partial charge in [0.05, 0.1) is 19.2 Å². The first-order valence-electron chi connectivity index (χ1n) is 6.90. The van der Waals surface area contributed by atoms with E-state index in [1.54, 1.807) is 49.6 Å². The van der Waals surface area contributed by atoms with Crippen LogP contribution in [0.4, 0.5) is 0 Å². The quantitative estimate of drug-likeness (QED) is 0.839. The van der Waals surface area contributed by atoms with Gasteiger partial charge < -0.3 is 19.3 Å². The van der Waals surface area contributed by atoms with Gasteiger partial charge >= 0.3 is 5.97 Å². The molecule has 0 aliphatic heterocycles. The molecule has 0 saturated carbocycles. The maximum atomic E-state index is 11.5. The predicted molar refractivity (Wildman–Crippen MR) is 86.8 cm³/mol. The van der Waals surface area contributed by atoms with Gasteiger partial charge in [0.25, 0.3) is 0 Å². The molecule has 0 bridgehead atoms. The topological polar surface area (TPSA) is 65.0 Å².